The minimum atomic E-state index is 0.887. The number of hydrogen-bond donors (Lipinski definition) is 1. The van der Waals surface area contributed by atoms with E-state index in [0.29, 0.717) is 0 Å². The van der Waals surface area contributed by atoms with Crippen molar-refractivity contribution >= 4 is 0 Å². The lowest BCUT2D eigenvalue weighted by molar-refractivity contribution is -0.0404. The maximum atomic E-state index is 5.55. The summed E-state index contributed by atoms with van der Waals surface area (Å²) in [4.78, 5) is 0. The van der Waals surface area contributed by atoms with Gasteiger partial charge < -0.3 is 5.73 Å². The lowest BCUT2D eigenvalue weighted by atomic mass is 9.51. The van der Waals surface area contributed by atoms with Gasteiger partial charge >= 0.3 is 0 Å². The molecule has 0 aromatic rings. The van der Waals surface area contributed by atoms with Gasteiger partial charge in [0.05, 0.1) is 0 Å². The number of nitrogens with two attached hydrogens (primary N) is 1. The molecular weight excluding hydrogens is 206 g/mol. The van der Waals surface area contributed by atoms with Gasteiger partial charge in [0.2, 0.25) is 0 Å². The molecule has 4 aliphatic rings. The Balaban J connectivity index is 1.44. The first kappa shape index (κ1) is 12.0. The largest absolute Gasteiger partial charge is 0.330 e. The molecule has 0 atom stereocenters. The third-order valence-electron chi connectivity index (χ3n) is 5.91. The molecule has 0 aromatic heterocycles. The molecule has 98 valence electrons. The topological polar surface area (TPSA) is 26.0 Å². The van der Waals surface area contributed by atoms with Crippen molar-refractivity contribution in [1.82, 2.24) is 0 Å². The van der Waals surface area contributed by atoms with Crippen molar-refractivity contribution in [2.45, 2.75) is 64.2 Å². The molecule has 4 rings (SSSR count). The molecule has 4 fully saturated rings. The molecule has 2 N–H and O–H groups in total. The van der Waals surface area contributed by atoms with E-state index in [2.05, 4.69) is 0 Å². The fourth-order valence-corrected chi connectivity index (χ4v) is 5.39. The molecular formula is C16H29N. The van der Waals surface area contributed by atoms with Crippen LogP contribution in [0.2, 0.25) is 0 Å². The van der Waals surface area contributed by atoms with Gasteiger partial charge in [0.15, 0.2) is 0 Å². The predicted molar refractivity (Wildman–Crippen MR) is 72.7 cm³/mol. The van der Waals surface area contributed by atoms with E-state index in [1.54, 1.807) is 38.5 Å². The number of rotatable bonds is 6. The van der Waals surface area contributed by atoms with Crippen molar-refractivity contribution in [3.05, 3.63) is 0 Å². The van der Waals surface area contributed by atoms with Crippen LogP contribution in [0, 0.1) is 29.6 Å². The summed E-state index contributed by atoms with van der Waals surface area (Å²) in [6, 6.07) is 0. The van der Waals surface area contributed by atoms with Gasteiger partial charge in [-0.3, -0.25) is 0 Å². The molecule has 17 heavy (non-hydrogen) atoms. The quantitative estimate of drug-likeness (QED) is 0.693. The molecule has 1 heteroatoms. The van der Waals surface area contributed by atoms with Gasteiger partial charge in [-0.25, -0.2) is 0 Å². The van der Waals surface area contributed by atoms with Crippen LogP contribution in [0.3, 0.4) is 0 Å². The van der Waals surface area contributed by atoms with Crippen LogP contribution >= 0.6 is 0 Å². The van der Waals surface area contributed by atoms with Crippen LogP contribution in [-0.2, 0) is 0 Å². The lowest BCUT2D eigenvalue weighted by Crippen LogP contribution is -2.44. The summed E-state index contributed by atoms with van der Waals surface area (Å²) in [7, 11) is 0. The minimum Gasteiger partial charge on any atom is -0.330 e. The Morgan fingerprint density at radius 1 is 0.706 bits per heavy atom. The second-order valence-corrected chi connectivity index (χ2v) is 7.09. The molecule has 0 aliphatic heterocycles. The maximum absolute atomic E-state index is 5.55. The smallest absolute Gasteiger partial charge is 0.00773 e. The van der Waals surface area contributed by atoms with E-state index in [1.807, 2.05) is 0 Å². The highest BCUT2D eigenvalue weighted by atomic mass is 14.5. The van der Waals surface area contributed by atoms with Gasteiger partial charge in [-0.1, -0.05) is 19.3 Å². The van der Waals surface area contributed by atoms with E-state index in [1.165, 1.54) is 25.7 Å². The molecule has 0 radical (unpaired) electrons. The van der Waals surface area contributed by atoms with Gasteiger partial charge in [-0.2, -0.15) is 0 Å². The Bertz CT molecular complexity index is 220. The zero-order valence-electron chi connectivity index (χ0n) is 11.2. The zero-order chi connectivity index (χ0) is 11.7. The summed E-state index contributed by atoms with van der Waals surface area (Å²) >= 11 is 0. The van der Waals surface area contributed by atoms with Crippen LogP contribution in [0.25, 0.3) is 0 Å². The van der Waals surface area contributed by atoms with Gasteiger partial charge in [-0.15, -0.1) is 0 Å². The molecule has 0 unspecified atom stereocenters. The lowest BCUT2D eigenvalue weighted by Gasteiger charge is -2.54. The third kappa shape index (κ3) is 2.54. The molecule has 4 saturated carbocycles. The van der Waals surface area contributed by atoms with Crippen LogP contribution in [0.15, 0.2) is 0 Å². The van der Waals surface area contributed by atoms with E-state index in [0.717, 1.165) is 36.1 Å². The molecule has 0 spiro atoms. The number of unbranched alkanes of at least 4 members (excludes halogenated alkanes) is 3. The highest BCUT2D eigenvalue weighted by molar-refractivity contribution is 4.97. The molecule has 0 heterocycles. The molecule has 0 aromatic carbocycles. The third-order valence-corrected chi connectivity index (χ3v) is 5.91. The standard InChI is InChI=1S/C16H29N/c17-6-4-2-1-3-5-16-14-8-12-7-13(10-14)11-15(16)9-12/h12-16H,1-11,17H2. The van der Waals surface area contributed by atoms with E-state index in [9.17, 15) is 0 Å². The second kappa shape index (κ2) is 5.30. The second-order valence-electron chi connectivity index (χ2n) is 7.09. The van der Waals surface area contributed by atoms with Crippen LogP contribution in [0.5, 0.6) is 0 Å². The summed E-state index contributed by atoms with van der Waals surface area (Å²) in [5.41, 5.74) is 5.55. The fourth-order valence-electron chi connectivity index (χ4n) is 5.39. The van der Waals surface area contributed by atoms with Crippen molar-refractivity contribution < 1.29 is 0 Å². The Hall–Kier alpha value is -0.0400. The molecule has 1 nitrogen and oxygen atoms in total. The van der Waals surface area contributed by atoms with Crippen LogP contribution in [0.4, 0.5) is 0 Å². The average molecular weight is 235 g/mol. The van der Waals surface area contributed by atoms with Crippen LogP contribution < -0.4 is 5.73 Å². The minimum absolute atomic E-state index is 0.887. The number of hydrogen-bond acceptors (Lipinski definition) is 1. The molecule has 0 saturated heterocycles. The highest BCUT2D eigenvalue weighted by Gasteiger charge is 2.47. The van der Waals surface area contributed by atoms with Crippen molar-refractivity contribution in [2.75, 3.05) is 6.54 Å². The van der Waals surface area contributed by atoms with Crippen molar-refractivity contribution in [3.8, 4) is 0 Å². The first-order valence-corrected chi connectivity index (χ1v) is 8.07. The Morgan fingerprint density at radius 2 is 1.29 bits per heavy atom. The Morgan fingerprint density at radius 3 is 1.88 bits per heavy atom. The summed E-state index contributed by atoms with van der Waals surface area (Å²) in [6.45, 7) is 0.887. The van der Waals surface area contributed by atoms with E-state index in [-0.39, 0.29) is 0 Å². The highest BCUT2D eigenvalue weighted by Crippen LogP contribution is 2.57. The van der Waals surface area contributed by atoms with Crippen molar-refractivity contribution in [2.24, 2.45) is 35.3 Å². The van der Waals surface area contributed by atoms with Gasteiger partial charge in [-0.05, 0) is 81.1 Å². The summed E-state index contributed by atoms with van der Waals surface area (Å²) in [6.07, 6.45) is 15.0. The monoisotopic (exact) mass is 235 g/mol. The molecule has 4 bridgehead atoms. The first-order valence-electron chi connectivity index (χ1n) is 8.07. The summed E-state index contributed by atoms with van der Waals surface area (Å²) in [5, 5.41) is 0. The van der Waals surface area contributed by atoms with Crippen molar-refractivity contribution in [1.29, 1.82) is 0 Å². The average Bonchev–Trinajstić information content (AvgIpc) is 2.31. The van der Waals surface area contributed by atoms with E-state index >= 15 is 0 Å². The first-order chi connectivity index (χ1) is 8.36. The van der Waals surface area contributed by atoms with E-state index in [4.69, 9.17) is 5.73 Å². The zero-order valence-corrected chi connectivity index (χ0v) is 11.2. The normalized spacial score (nSPS) is 43.2. The Labute approximate surface area is 107 Å². The van der Waals surface area contributed by atoms with Gasteiger partial charge in [0.1, 0.15) is 0 Å². The maximum Gasteiger partial charge on any atom is -0.00773 e. The van der Waals surface area contributed by atoms with Crippen molar-refractivity contribution in [3.63, 3.8) is 0 Å². The Kier molecular flexibility index (Phi) is 3.75. The van der Waals surface area contributed by atoms with E-state index < -0.39 is 0 Å². The predicted octanol–water partition coefficient (Wildman–Crippen LogP) is 3.97. The van der Waals surface area contributed by atoms with Gasteiger partial charge in [0, 0.05) is 0 Å². The molecule has 4 aliphatic carbocycles. The summed E-state index contributed by atoms with van der Waals surface area (Å²) in [5.74, 6) is 5.69. The molecule has 0 amide bonds. The SMILES string of the molecule is NCCCCCCC1C2CC3CC(C2)CC1C3. The fraction of sp³-hybridized carbons (Fsp3) is 1.00. The van der Waals surface area contributed by atoms with Crippen LogP contribution in [0.1, 0.15) is 64.2 Å². The van der Waals surface area contributed by atoms with Gasteiger partial charge in [0.25, 0.3) is 0 Å². The summed E-state index contributed by atoms with van der Waals surface area (Å²) < 4.78 is 0. The van der Waals surface area contributed by atoms with Crippen LogP contribution in [-0.4, -0.2) is 6.54 Å².